The molecule has 0 radical (unpaired) electrons. The van der Waals surface area contributed by atoms with Crippen molar-refractivity contribution in [1.29, 1.82) is 0 Å². The first kappa shape index (κ1) is 15.2. The summed E-state index contributed by atoms with van der Waals surface area (Å²) < 4.78 is 24.1. The molecule has 0 amide bonds. The molecule has 0 aromatic heterocycles. The quantitative estimate of drug-likeness (QED) is 0.726. The van der Waals surface area contributed by atoms with Crippen LogP contribution in [0.4, 0.5) is 11.4 Å². The van der Waals surface area contributed by atoms with Crippen LogP contribution in [0.3, 0.4) is 0 Å². The van der Waals surface area contributed by atoms with Crippen LogP contribution in [0.1, 0.15) is 0 Å². The third-order valence-corrected chi connectivity index (χ3v) is 4.49. The topological polar surface area (TPSA) is 79.1 Å². The maximum absolute atomic E-state index is 12.0. The summed E-state index contributed by atoms with van der Waals surface area (Å²) in [4.78, 5) is -0.0478. The average Bonchev–Trinajstić information content (AvgIpc) is 2.54. The molecule has 116 valence electrons. The van der Waals surface area contributed by atoms with Gasteiger partial charge in [-0.05, 0) is 23.6 Å². The van der Waals surface area contributed by atoms with Crippen LogP contribution in [0.15, 0.2) is 75.8 Å². The van der Waals surface area contributed by atoms with Crippen LogP contribution < -0.4 is 0 Å². The second-order valence-corrected chi connectivity index (χ2v) is 7.08. The van der Waals surface area contributed by atoms with Crippen LogP contribution in [0.2, 0.25) is 0 Å². The van der Waals surface area contributed by atoms with Gasteiger partial charge in [0.25, 0.3) is 0 Å². The van der Waals surface area contributed by atoms with Gasteiger partial charge in [0.2, 0.25) is 0 Å². The van der Waals surface area contributed by atoms with Gasteiger partial charge in [0.1, 0.15) is 5.69 Å². The first-order chi connectivity index (χ1) is 11.0. The average molecular weight is 326 g/mol. The molecule has 0 saturated carbocycles. The van der Waals surface area contributed by atoms with Crippen LogP contribution in [-0.2, 0) is 9.84 Å². The summed E-state index contributed by atoms with van der Waals surface area (Å²) in [7, 11) is -3.57. The van der Waals surface area contributed by atoms with E-state index in [1.54, 1.807) is 48.5 Å². The van der Waals surface area contributed by atoms with Gasteiger partial charge in [0.15, 0.2) is 15.6 Å². The van der Waals surface area contributed by atoms with E-state index in [2.05, 4.69) is 10.2 Å². The Bertz CT molecular complexity index is 997. The smallest absolute Gasteiger partial charge is 0.177 e. The maximum Gasteiger partial charge on any atom is 0.177 e. The van der Waals surface area contributed by atoms with Crippen molar-refractivity contribution >= 4 is 32.0 Å². The highest BCUT2D eigenvalue weighted by Crippen LogP contribution is 2.41. The Balaban J connectivity index is 2.25. The lowest BCUT2D eigenvalue weighted by Crippen LogP contribution is -1.98. The molecule has 0 unspecified atom stereocenters. The number of hydrogen-bond donors (Lipinski definition) is 1. The number of nitrogens with zero attached hydrogens (tertiary/aromatic N) is 2. The molecule has 0 aliphatic heterocycles. The van der Waals surface area contributed by atoms with Gasteiger partial charge in [0.05, 0.1) is 10.6 Å². The Hall–Kier alpha value is -2.73. The predicted molar refractivity (Wildman–Crippen MR) is 89.3 cm³/mol. The number of fused-ring (bicyclic) bond motifs is 1. The highest BCUT2D eigenvalue weighted by Gasteiger charge is 2.19. The fourth-order valence-corrected chi connectivity index (χ4v) is 3.10. The summed E-state index contributed by atoms with van der Waals surface area (Å²) in [6.07, 6.45) is 1.08. The predicted octanol–water partition coefficient (Wildman–Crippen LogP) is 4.36. The van der Waals surface area contributed by atoms with E-state index in [0.717, 1.165) is 6.26 Å². The molecule has 0 heterocycles. The van der Waals surface area contributed by atoms with Crippen molar-refractivity contribution in [2.45, 2.75) is 4.90 Å². The zero-order chi connectivity index (χ0) is 16.4. The fraction of sp³-hybridized carbons (Fsp3) is 0.0588. The number of benzene rings is 3. The zero-order valence-electron chi connectivity index (χ0n) is 12.3. The van der Waals surface area contributed by atoms with Crippen molar-refractivity contribution in [3.05, 3.63) is 60.7 Å². The number of azo groups is 1. The Labute approximate surface area is 133 Å². The van der Waals surface area contributed by atoms with Gasteiger partial charge in [0, 0.05) is 11.6 Å². The van der Waals surface area contributed by atoms with Crippen molar-refractivity contribution in [2.75, 3.05) is 6.26 Å². The largest absolute Gasteiger partial charge is 0.505 e. The van der Waals surface area contributed by atoms with E-state index < -0.39 is 9.84 Å². The van der Waals surface area contributed by atoms with Crippen molar-refractivity contribution in [2.24, 2.45) is 10.2 Å². The summed E-state index contributed by atoms with van der Waals surface area (Å²) >= 11 is 0. The van der Waals surface area contributed by atoms with Gasteiger partial charge in [-0.25, -0.2) is 8.42 Å². The van der Waals surface area contributed by atoms with Gasteiger partial charge < -0.3 is 5.11 Å². The first-order valence-corrected chi connectivity index (χ1v) is 8.77. The Morgan fingerprint density at radius 3 is 2.26 bits per heavy atom. The number of sulfone groups is 1. The van der Waals surface area contributed by atoms with Crippen molar-refractivity contribution in [3.63, 3.8) is 0 Å². The molecule has 23 heavy (non-hydrogen) atoms. The number of phenolic OH excluding ortho intramolecular Hbond substituents is 1. The van der Waals surface area contributed by atoms with Crippen LogP contribution in [0, 0.1) is 0 Å². The molecule has 0 aliphatic rings. The number of rotatable bonds is 3. The minimum atomic E-state index is -3.57. The molecule has 0 atom stereocenters. The minimum absolute atomic E-state index is 0.0462. The Kier molecular flexibility index (Phi) is 3.83. The van der Waals surface area contributed by atoms with Crippen molar-refractivity contribution in [1.82, 2.24) is 0 Å². The van der Waals surface area contributed by atoms with Crippen molar-refractivity contribution in [3.8, 4) is 5.75 Å². The van der Waals surface area contributed by atoms with Gasteiger partial charge in [-0.3, -0.25) is 0 Å². The first-order valence-electron chi connectivity index (χ1n) is 6.88. The molecule has 0 fully saturated rings. The van der Waals surface area contributed by atoms with E-state index >= 15 is 0 Å². The normalized spacial score (nSPS) is 12.0. The molecule has 0 spiro atoms. The number of aromatic hydroxyl groups is 1. The van der Waals surface area contributed by atoms with E-state index in [-0.39, 0.29) is 16.3 Å². The molecule has 3 rings (SSSR count). The van der Waals surface area contributed by atoms with E-state index in [4.69, 9.17) is 0 Å². The highest BCUT2D eigenvalue weighted by molar-refractivity contribution is 7.90. The summed E-state index contributed by atoms with van der Waals surface area (Å²) in [5.41, 5.74) is 0.523. The lowest BCUT2D eigenvalue weighted by molar-refractivity contribution is 0.481. The van der Waals surface area contributed by atoms with Crippen molar-refractivity contribution < 1.29 is 13.5 Å². The van der Waals surface area contributed by atoms with Gasteiger partial charge in [-0.15, -0.1) is 5.11 Å². The third kappa shape index (κ3) is 3.07. The second kappa shape index (κ2) is 5.81. The number of phenols is 1. The molecule has 0 bridgehead atoms. The van der Waals surface area contributed by atoms with Crippen LogP contribution in [0.5, 0.6) is 5.75 Å². The second-order valence-electron chi connectivity index (χ2n) is 5.10. The molecule has 5 nitrogen and oxygen atoms in total. The maximum atomic E-state index is 12.0. The third-order valence-electron chi connectivity index (χ3n) is 3.38. The van der Waals surface area contributed by atoms with E-state index in [9.17, 15) is 13.5 Å². The monoisotopic (exact) mass is 326 g/mol. The standard InChI is InChI=1S/C17H14N2O3S/c1-23(21,22)15-11-12-7-5-6-10-14(12)17(20)16(15)19-18-13-8-3-2-4-9-13/h2-11,20H,1H3. The molecule has 6 heteroatoms. The summed E-state index contributed by atoms with van der Waals surface area (Å²) in [5.74, 6) is -0.191. The highest BCUT2D eigenvalue weighted by atomic mass is 32.2. The minimum Gasteiger partial charge on any atom is -0.505 e. The summed E-state index contributed by atoms with van der Waals surface area (Å²) in [6.45, 7) is 0. The molecule has 3 aromatic rings. The zero-order valence-corrected chi connectivity index (χ0v) is 13.2. The fourth-order valence-electron chi connectivity index (χ4n) is 2.27. The summed E-state index contributed by atoms with van der Waals surface area (Å²) in [6, 6.07) is 17.4. The van der Waals surface area contributed by atoms with E-state index in [0.29, 0.717) is 16.5 Å². The van der Waals surface area contributed by atoms with Gasteiger partial charge >= 0.3 is 0 Å². The molecule has 3 aromatic carbocycles. The van der Waals surface area contributed by atoms with Crippen LogP contribution >= 0.6 is 0 Å². The summed E-state index contributed by atoms with van der Waals surface area (Å²) in [5, 5.41) is 19.6. The molecule has 0 saturated heterocycles. The lowest BCUT2D eigenvalue weighted by Gasteiger charge is -2.09. The Morgan fingerprint density at radius 1 is 0.913 bits per heavy atom. The SMILES string of the molecule is CS(=O)(=O)c1cc2ccccc2c(O)c1N=Nc1ccccc1. The van der Waals surface area contributed by atoms with Crippen LogP contribution in [0.25, 0.3) is 10.8 Å². The number of hydrogen-bond acceptors (Lipinski definition) is 5. The lowest BCUT2D eigenvalue weighted by atomic mass is 10.1. The van der Waals surface area contributed by atoms with E-state index in [1.165, 1.54) is 6.07 Å². The molecule has 1 N–H and O–H groups in total. The Morgan fingerprint density at radius 2 is 1.57 bits per heavy atom. The van der Waals surface area contributed by atoms with Gasteiger partial charge in [-0.2, -0.15) is 5.11 Å². The van der Waals surface area contributed by atoms with Crippen LogP contribution in [-0.4, -0.2) is 19.8 Å². The molecule has 0 aliphatic carbocycles. The van der Waals surface area contributed by atoms with Gasteiger partial charge in [-0.1, -0.05) is 42.5 Å². The van der Waals surface area contributed by atoms with E-state index in [1.807, 2.05) is 6.07 Å². The molecular weight excluding hydrogens is 312 g/mol. The molecular formula is C17H14N2O3S.